The van der Waals surface area contributed by atoms with Gasteiger partial charge in [-0.3, -0.25) is 0 Å². The molecule has 1 fully saturated rings. The molecule has 0 unspecified atom stereocenters. The van der Waals surface area contributed by atoms with Gasteiger partial charge in [-0.25, -0.2) is 0 Å². The third-order valence-corrected chi connectivity index (χ3v) is 3.27. The first-order valence-corrected chi connectivity index (χ1v) is 6.06. The summed E-state index contributed by atoms with van der Waals surface area (Å²) in [5.74, 6) is 1.04. The maximum Gasteiger partial charge on any atom is 0.0201 e. The van der Waals surface area contributed by atoms with E-state index in [2.05, 4.69) is 29.8 Å². The Labute approximate surface area is 85.3 Å². The highest BCUT2D eigenvalue weighted by molar-refractivity contribution is 9.10. The van der Waals surface area contributed by atoms with Crippen molar-refractivity contribution in [1.82, 2.24) is 0 Å². The van der Waals surface area contributed by atoms with Crippen molar-refractivity contribution in [2.45, 2.75) is 63.1 Å². The molecule has 0 aromatic heterocycles. The fourth-order valence-electron chi connectivity index (χ4n) is 2.02. The van der Waals surface area contributed by atoms with Gasteiger partial charge in [0.25, 0.3) is 0 Å². The van der Waals surface area contributed by atoms with Crippen molar-refractivity contribution < 1.29 is 0 Å². The third-order valence-electron chi connectivity index (χ3n) is 2.87. The quantitative estimate of drug-likeness (QED) is 0.628. The topological polar surface area (TPSA) is 0 Å². The summed E-state index contributed by atoms with van der Waals surface area (Å²) >= 11 is 3.71. The Hall–Kier alpha value is 0.480. The standard InChI is InChI=1S/C11H21Br/c1-11(2,12)9-8-10-6-4-3-5-7-10/h10H,3-9H2,1-2H3. The highest BCUT2D eigenvalue weighted by Gasteiger charge is 2.18. The van der Waals surface area contributed by atoms with Gasteiger partial charge in [-0.1, -0.05) is 61.9 Å². The molecule has 1 rings (SSSR count). The number of hydrogen-bond acceptors (Lipinski definition) is 0. The third kappa shape index (κ3) is 4.49. The molecule has 0 bridgehead atoms. The van der Waals surface area contributed by atoms with Crippen LogP contribution in [0, 0.1) is 5.92 Å². The summed E-state index contributed by atoms with van der Waals surface area (Å²) in [6, 6.07) is 0. The van der Waals surface area contributed by atoms with E-state index in [0.717, 1.165) is 5.92 Å². The van der Waals surface area contributed by atoms with Crippen LogP contribution >= 0.6 is 15.9 Å². The van der Waals surface area contributed by atoms with Crippen LogP contribution in [0.5, 0.6) is 0 Å². The van der Waals surface area contributed by atoms with E-state index in [4.69, 9.17) is 0 Å². The molecule has 0 spiro atoms. The number of hydrogen-bond donors (Lipinski definition) is 0. The first-order chi connectivity index (χ1) is 5.58. The second kappa shape index (κ2) is 4.64. The van der Waals surface area contributed by atoms with Crippen LogP contribution < -0.4 is 0 Å². The van der Waals surface area contributed by atoms with Crippen molar-refractivity contribution in [2.75, 3.05) is 0 Å². The monoisotopic (exact) mass is 232 g/mol. The molecule has 0 aliphatic heterocycles. The minimum atomic E-state index is 0.366. The summed E-state index contributed by atoms with van der Waals surface area (Å²) in [6.07, 6.45) is 10.2. The summed E-state index contributed by atoms with van der Waals surface area (Å²) < 4.78 is 0.366. The number of halogens is 1. The van der Waals surface area contributed by atoms with Crippen molar-refractivity contribution in [3.63, 3.8) is 0 Å². The fourth-order valence-corrected chi connectivity index (χ4v) is 2.25. The molecule has 0 nitrogen and oxygen atoms in total. The largest absolute Gasteiger partial charge is 0.0859 e. The Morgan fingerprint density at radius 3 is 2.25 bits per heavy atom. The van der Waals surface area contributed by atoms with Gasteiger partial charge < -0.3 is 0 Å². The van der Waals surface area contributed by atoms with Gasteiger partial charge in [0.2, 0.25) is 0 Å². The molecule has 1 aliphatic rings. The van der Waals surface area contributed by atoms with Crippen LogP contribution in [0.4, 0.5) is 0 Å². The van der Waals surface area contributed by atoms with E-state index in [9.17, 15) is 0 Å². The molecule has 1 aliphatic carbocycles. The van der Waals surface area contributed by atoms with E-state index in [1.54, 1.807) is 0 Å². The summed E-state index contributed by atoms with van der Waals surface area (Å²) in [5.41, 5.74) is 0. The van der Waals surface area contributed by atoms with E-state index >= 15 is 0 Å². The van der Waals surface area contributed by atoms with Gasteiger partial charge in [0.05, 0.1) is 0 Å². The van der Waals surface area contributed by atoms with Crippen LogP contribution in [0.15, 0.2) is 0 Å². The molecule has 0 heterocycles. The van der Waals surface area contributed by atoms with Crippen LogP contribution in [0.2, 0.25) is 0 Å². The lowest BCUT2D eigenvalue weighted by molar-refractivity contribution is 0.324. The predicted molar refractivity (Wildman–Crippen MR) is 58.8 cm³/mol. The molecule has 0 aromatic rings. The van der Waals surface area contributed by atoms with Crippen molar-refractivity contribution in [3.05, 3.63) is 0 Å². The maximum absolute atomic E-state index is 3.71. The second-order valence-electron chi connectivity index (χ2n) is 4.76. The average Bonchev–Trinajstić information content (AvgIpc) is 2.02. The molecule has 1 saturated carbocycles. The van der Waals surface area contributed by atoms with Gasteiger partial charge in [-0.05, 0) is 18.8 Å². The molecule has 72 valence electrons. The van der Waals surface area contributed by atoms with Gasteiger partial charge in [0, 0.05) is 4.32 Å². The normalized spacial score (nSPS) is 21.2. The van der Waals surface area contributed by atoms with Crippen molar-refractivity contribution in [3.8, 4) is 0 Å². The molecule has 0 amide bonds. The number of alkyl halides is 1. The highest BCUT2D eigenvalue weighted by atomic mass is 79.9. The van der Waals surface area contributed by atoms with Crippen LogP contribution in [0.25, 0.3) is 0 Å². The fraction of sp³-hybridized carbons (Fsp3) is 1.00. The Kier molecular flexibility index (Phi) is 4.09. The average molecular weight is 233 g/mol. The Morgan fingerprint density at radius 1 is 1.17 bits per heavy atom. The molecule has 0 N–H and O–H groups in total. The van der Waals surface area contributed by atoms with Crippen LogP contribution in [0.3, 0.4) is 0 Å². The van der Waals surface area contributed by atoms with Gasteiger partial charge in [-0.15, -0.1) is 0 Å². The summed E-state index contributed by atoms with van der Waals surface area (Å²) in [4.78, 5) is 0. The number of rotatable bonds is 3. The zero-order valence-electron chi connectivity index (χ0n) is 8.41. The summed E-state index contributed by atoms with van der Waals surface area (Å²) in [7, 11) is 0. The molecule has 0 radical (unpaired) electrons. The lowest BCUT2D eigenvalue weighted by atomic mass is 9.85. The molecule has 0 atom stereocenters. The highest BCUT2D eigenvalue weighted by Crippen LogP contribution is 2.31. The molecule has 12 heavy (non-hydrogen) atoms. The van der Waals surface area contributed by atoms with Crippen LogP contribution in [-0.4, -0.2) is 4.32 Å². The molecule has 1 heteroatoms. The van der Waals surface area contributed by atoms with Crippen molar-refractivity contribution in [2.24, 2.45) is 5.92 Å². The maximum atomic E-state index is 3.71. The lowest BCUT2D eigenvalue weighted by Crippen LogP contribution is -2.14. The van der Waals surface area contributed by atoms with E-state index in [1.165, 1.54) is 44.9 Å². The zero-order chi connectivity index (χ0) is 9.03. The smallest absolute Gasteiger partial charge is 0.0201 e. The van der Waals surface area contributed by atoms with Gasteiger partial charge in [0.15, 0.2) is 0 Å². The van der Waals surface area contributed by atoms with Gasteiger partial charge in [0.1, 0.15) is 0 Å². The Bertz CT molecular complexity index is 117. The van der Waals surface area contributed by atoms with E-state index < -0.39 is 0 Å². The second-order valence-corrected chi connectivity index (χ2v) is 6.91. The summed E-state index contributed by atoms with van der Waals surface area (Å²) in [6.45, 7) is 4.55. The van der Waals surface area contributed by atoms with E-state index in [-0.39, 0.29) is 0 Å². The Balaban J connectivity index is 2.13. The minimum Gasteiger partial charge on any atom is -0.0859 e. The van der Waals surface area contributed by atoms with Crippen LogP contribution in [0.1, 0.15) is 58.8 Å². The van der Waals surface area contributed by atoms with E-state index in [1.807, 2.05) is 0 Å². The van der Waals surface area contributed by atoms with Gasteiger partial charge in [-0.2, -0.15) is 0 Å². The van der Waals surface area contributed by atoms with Crippen molar-refractivity contribution in [1.29, 1.82) is 0 Å². The predicted octanol–water partition coefficient (Wildman–Crippen LogP) is 4.52. The molecule has 0 saturated heterocycles. The summed E-state index contributed by atoms with van der Waals surface area (Å²) in [5, 5.41) is 0. The zero-order valence-corrected chi connectivity index (χ0v) is 9.99. The minimum absolute atomic E-state index is 0.366. The lowest BCUT2D eigenvalue weighted by Gasteiger charge is -2.24. The van der Waals surface area contributed by atoms with Gasteiger partial charge >= 0.3 is 0 Å². The first kappa shape index (κ1) is 10.6. The molecule has 0 aromatic carbocycles. The van der Waals surface area contributed by atoms with Crippen LogP contribution in [-0.2, 0) is 0 Å². The molecular weight excluding hydrogens is 212 g/mol. The Morgan fingerprint density at radius 2 is 1.75 bits per heavy atom. The SMILES string of the molecule is CC(C)(Br)CCC1CCCCC1. The van der Waals surface area contributed by atoms with E-state index in [0.29, 0.717) is 4.32 Å². The van der Waals surface area contributed by atoms with Crippen molar-refractivity contribution >= 4 is 15.9 Å². The molecular formula is C11H21Br. The first-order valence-electron chi connectivity index (χ1n) is 5.27.